The van der Waals surface area contributed by atoms with Crippen LogP contribution in [-0.2, 0) is 5.41 Å². The summed E-state index contributed by atoms with van der Waals surface area (Å²) in [6.45, 7) is 14.1. The van der Waals surface area contributed by atoms with Gasteiger partial charge in [-0.15, -0.1) is 0 Å². The molecular formula is C21H32O. The molecule has 1 aromatic carbocycles. The van der Waals surface area contributed by atoms with Crippen LogP contribution in [0.1, 0.15) is 95.8 Å². The van der Waals surface area contributed by atoms with Crippen LogP contribution in [0.3, 0.4) is 0 Å². The number of hydrogen-bond donors (Lipinski definition) is 1. The molecule has 22 heavy (non-hydrogen) atoms. The smallest absolute Gasteiger partial charge is 0.119 e. The molecule has 122 valence electrons. The minimum absolute atomic E-state index is 0.233. The minimum atomic E-state index is 0.233. The molecule has 0 bridgehead atoms. The van der Waals surface area contributed by atoms with Gasteiger partial charge in [0.05, 0.1) is 0 Å². The summed E-state index contributed by atoms with van der Waals surface area (Å²) in [5.41, 5.74) is 4.69. The van der Waals surface area contributed by atoms with Crippen LogP contribution in [0.4, 0.5) is 0 Å². The fourth-order valence-corrected chi connectivity index (χ4v) is 5.49. The standard InChI is InChI=1S/C21H32O/c1-13(2)15-11-16-14(3)10-19-20(4,5)8-7-9-21(19,6)17(16)12-18(15)22/h11-14,19,22H,7-10H2,1-6H3/t14-,19?,21+/m0/s1. The van der Waals surface area contributed by atoms with Crippen LogP contribution in [0.5, 0.6) is 5.75 Å². The first-order valence-electron chi connectivity index (χ1n) is 9.04. The molecular weight excluding hydrogens is 268 g/mol. The fraction of sp³-hybridized carbons (Fsp3) is 0.714. The summed E-state index contributed by atoms with van der Waals surface area (Å²) in [6.07, 6.45) is 5.20. The van der Waals surface area contributed by atoms with Gasteiger partial charge in [0.1, 0.15) is 5.75 Å². The topological polar surface area (TPSA) is 20.2 Å². The van der Waals surface area contributed by atoms with Gasteiger partial charge in [-0.25, -0.2) is 0 Å². The number of phenols is 1. The van der Waals surface area contributed by atoms with E-state index in [1.54, 1.807) is 0 Å². The summed E-state index contributed by atoms with van der Waals surface area (Å²) in [4.78, 5) is 0. The maximum atomic E-state index is 10.6. The lowest BCUT2D eigenvalue weighted by Gasteiger charge is -2.56. The maximum absolute atomic E-state index is 10.6. The van der Waals surface area contributed by atoms with Gasteiger partial charge >= 0.3 is 0 Å². The van der Waals surface area contributed by atoms with Crippen molar-refractivity contribution in [3.8, 4) is 5.75 Å². The molecule has 0 amide bonds. The predicted octanol–water partition coefficient (Wildman–Crippen LogP) is 6.11. The van der Waals surface area contributed by atoms with E-state index in [-0.39, 0.29) is 5.41 Å². The third-order valence-electron chi connectivity index (χ3n) is 6.79. The second-order valence-corrected chi connectivity index (χ2v) is 9.10. The van der Waals surface area contributed by atoms with Crippen molar-refractivity contribution >= 4 is 0 Å². The van der Waals surface area contributed by atoms with Crippen LogP contribution in [0.15, 0.2) is 12.1 Å². The molecule has 0 aliphatic heterocycles. The molecule has 2 aliphatic rings. The highest BCUT2D eigenvalue weighted by Crippen LogP contribution is 2.60. The number of phenolic OH excluding ortho intramolecular Hbond substituents is 1. The predicted molar refractivity (Wildman–Crippen MR) is 93.7 cm³/mol. The van der Waals surface area contributed by atoms with Gasteiger partial charge in [-0.05, 0) is 70.6 Å². The van der Waals surface area contributed by atoms with Crippen LogP contribution in [0.25, 0.3) is 0 Å². The quantitative estimate of drug-likeness (QED) is 0.663. The highest BCUT2D eigenvalue weighted by molar-refractivity contribution is 5.50. The van der Waals surface area contributed by atoms with Crippen LogP contribution in [0.2, 0.25) is 0 Å². The number of aromatic hydroxyl groups is 1. The van der Waals surface area contributed by atoms with Crippen molar-refractivity contribution in [3.63, 3.8) is 0 Å². The summed E-state index contributed by atoms with van der Waals surface area (Å²) in [5, 5.41) is 10.6. The Labute approximate surface area is 136 Å². The zero-order chi connectivity index (χ0) is 16.3. The highest BCUT2D eigenvalue weighted by Gasteiger charge is 2.51. The Morgan fingerprint density at radius 3 is 2.45 bits per heavy atom. The van der Waals surface area contributed by atoms with E-state index in [9.17, 15) is 5.11 Å². The van der Waals surface area contributed by atoms with Crippen LogP contribution < -0.4 is 0 Å². The van der Waals surface area contributed by atoms with Gasteiger partial charge in [0.2, 0.25) is 0 Å². The Morgan fingerprint density at radius 1 is 1.14 bits per heavy atom. The summed E-state index contributed by atoms with van der Waals surface area (Å²) >= 11 is 0. The van der Waals surface area contributed by atoms with Gasteiger partial charge in [-0.3, -0.25) is 0 Å². The Hall–Kier alpha value is -0.980. The molecule has 1 saturated carbocycles. The van der Waals surface area contributed by atoms with Gasteiger partial charge in [0, 0.05) is 0 Å². The number of benzene rings is 1. The Morgan fingerprint density at radius 2 is 1.82 bits per heavy atom. The van der Waals surface area contributed by atoms with Crippen molar-refractivity contribution in [1.29, 1.82) is 0 Å². The van der Waals surface area contributed by atoms with Crippen molar-refractivity contribution in [2.24, 2.45) is 11.3 Å². The van der Waals surface area contributed by atoms with Crippen molar-refractivity contribution < 1.29 is 5.11 Å². The van der Waals surface area contributed by atoms with Gasteiger partial charge in [0.15, 0.2) is 0 Å². The molecule has 2 aliphatic carbocycles. The molecule has 0 spiro atoms. The van der Waals surface area contributed by atoms with E-state index in [1.165, 1.54) is 36.8 Å². The summed E-state index contributed by atoms with van der Waals surface area (Å²) in [5.74, 6) is 2.21. The Bertz CT molecular complexity index is 584. The lowest BCUT2D eigenvalue weighted by Crippen LogP contribution is -2.48. The van der Waals surface area contributed by atoms with Crippen molar-refractivity contribution in [2.45, 2.75) is 84.5 Å². The van der Waals surface area contributed by atoms with E-state index < -0.39 is 0 Å². The molecule has 3 rings (SSSR count). The highest BCUT2D eigenvalue weighted by atomic mass is 16.3. The van der Waals surface area contributed by atoms with Gasteiger partial charge in [0.25, 0.3) is 0 Å². The second kappa shape index (κ2) is 5.01. The van der Waals surface area contributed by atoms with E-state index in [2.05, 4.69) is 53.7 Å². The van der Waals surface area contributed by atoms with Gasteiger partial charge in [-0.1, -0.05) is 54.0 Å². The van der Waals surface area contributed by atoms with E-state index in [0.717, 1.165) is 11.5 Å². The van der Waals surface area contributed by atoms with Crippen molar-refractivity contribution in [1.82, 2.24) is 0 Å². The Kier molecular flexibility index (Phi) is 3.62. The molecule has 1 nitrogen and oxygen atoms in total. The number of fused-ring (bicyclic) bond motifs is 3. The average molecular weight is 300 g/mol. The summed E-state index contributed by atoms with van der Waals surface area (Å²) < 4.78 is 0. The fourth-order valence-electron chi connectivity index (χ4n) is 5.49. The Balaban J connectivity index is 2.18. The SMILES string of the molecule is CC(C)c1cc2c(cc1O)[C@@]1(C)CCCC(C)(C)C1C[C@@H]2C. The first-order chi connectivity index (χ1) is 10.2. The van der Waals surface area contributed by atoms with Crippen LogP contribution >= 0.6 is 0 Å². The lowest BCUT2D eigenvalue weighted by atomic mass is 9.49. The average Bonchev–Trinajstić information content (AvgIpc) is 2.41. The van der Waals surface area contributed by atoms with Gasteiger partial charge in [-0.2, -0.15) is 0 Å². The maximum Gasteiger partial charge on any atom is 0.119 e. The first-order valence-corrected chi connectivity index (χ1v) is 9.04. The summed E-state index contributed by atoms with van der Waals surface area (Å²) in [6, 6.07) is 4.43. The first kappa shape index (κ1) is 15.9. The van der Waals surface area contributed by atoms with Crippen molar-refractivity contribution in [3.05, 3.63) is 28.8 Å². The molecule has 1 aromatic rings. The van der Waals surface area contributed by atoms with E-state index in [4.69, 9.17) is 0 Å². The lowest BCUT2D eigenvalue weighted by molar-refractivity contribution is 0.0341. The van der Waals surface area contributed by atoms with Crippen LogP contribution in [-0.4, -0.2) is 5.11 Å². The normalized spacial score (nSPS) is 33.4. The number of hydrogen-bond acceptors (Lipinski definition) is 1. The molecule has 0 saturated heterocycles. The zero-order valence-corrected chi connectivity index (χ0v) is 15.2. The monoisotopic (exact) mass is 300 g/mol. The molecule has 1 heteroatoms. The van der Waals surface area contributed by atoms with E-state index in [1.807, 2.05) is 0 Å². The largest absolute Gasteiger partial charge is 0.508 e. The molecule has 0 aromatic heterocycles. The molecule has 1 unspecified atom stereocenters. The minimum Gasteiger partial charge on any atom is -0.508 e. The van der Waals surface area contributed by atoms with Crippen molar-refractivity contribution in [2.75, 3.05) is 0 Å². The third-order valence-corrected chi connectivity index (χ3v) is 6.79. The molecule has 0 radical (unpaired) electrons. The van der Waals surface area contributed by atoms with E-state index in [0.29, 0.717) is 23.0 Å². The second-order valence-electron chi connectivity index (χ2n) is 9.10. The molecule has 1 fully saturated rings. The van der Waals surface area contributed by atoms with Gasteiger partial charge < -0.3 is 5.11 Å². The van der Waals surface area contributed by atoms with Crippen LogP contribution in [0, 0.1) is 11.3 Å². The molecule has 0 heterocycles. The van der Waals surface area contributed by atoms with E-state index >= 15 is 0 Å². The zero-order valence-electron chi connectivity index (χ0n) is 15.2. The molecule has 3 atom stereocenters. The third kappa shape index (κ3) is 2.20. The number of rotatable bonds is 1. The summed E-state index contributed by atoms with van der Waals surface area (Å²) in [7, 11) is 0. The molecule has 1 N–H and O–H groups in total.